The third-order valence-corrected chi connectivity index (χ3v) is 1.35. The fraction of sp³-hybridized carbons (Fsp3) is 0.111. The van der Waals surface area contributed by atoms with Crippen molar-refractivity contribution < 1.29 is 18.7 Å². The molecule has 0 N–H and O–H groups in total. The number of aliphatic imine (C=N–C) groups is 1. The van der Waals surface area contributed by atoms with Gasteiger partial charge in [0.2, 0.25) is 6.08 Å². The number of rotatable bonds is 2. The molecule has 0 aliphatic heterocycles. The predicted octanol–water partition coefficient (Wildman–Crippen LogP) is 1.72. The topological polar surface area (TPSA) is 55.7 Å². The summed E-state index contributed by atoms with van der Waals surface area (Å²) in [6, 6.07) is 3.45. The molecule has 1 rings (SSSR count). The van der Waals surface area contributed by atoms with Crippen molar-refractivity contribution >= 4 is 17.7 Å². The van der Waals surface area contributed by atoms with Crippen molar-refractivity contribution in [2.75, 3.05) is 0 Å². The minimum atomic E-state index is -0.677. The highest BCUT2D eigenvalue weighted by Gasteiger charge is 2.04. The Morgan fingerprint density at radius 3 is 2.86 bits per heavy atom. The zero-order valence-electron chi connectivity index (χ0n) is 7.28. The number of nitrogens with zero attached hydrogens (tertiary/aromatic N) is 1. The Kier molecular flexibility index (Phi) is 3.09. The lowest BCUT2D eigenvalue weighted by Crippen LogP contribution is -2.01. The molecule has 0 saturated carbocycles. The number of halogens is 1. The molecule has 0 aliphatic rings. The van der Waals surface area contributed by atoms with E-state index >= 15 is 0 Å². The molecule has 0 amide bonds. The van der Waals surface area contributed by atoms with Crippen molar-refractivity contribution in [2.45, 2.75) is 6.92 Å². The number of isocyanates is 1. The van der Waals surface area contributed by atoms with Gasteiger partial charge in [-0.25, -0.2) is 9.18 Å². The van der Waals surface area contributed by atoms with Crippen LogP contribution in [0.25, 0.3) is 0 Å². The first-order valence-electron chi connectivity index (χ1n) is 3.69. The SMILES string of the molecule is CC(=O)Oc1ccc(F)c(N=C=O)c1. The number of benzene rings is 1. The van der Waals surface area contributed by atoms with Gasteiger partial charge in [-0.15, -0.1) is 0 Å². The highest BCUT2D eigenvalue weighted by Crippen LogP contribution is 2.23. The Balaban J connectivity index is 3.05. The van der Waals surface area contributed by atoms with Crippen LogP contribution in [-0.4, -0.2) is 12.0 Å². The van der Waals surface area contributed by atoms with Gasteiger partial charge < -0.3 is 4.74 Å². The number of hydrogen-bond donors (Lipinski definition) is 0. The smallest absolute Gasteiger partial charge is 0.308 e. The third kappa shape index (κ3) is 2.50. The van der Waals surface area contributed by atoms with Crippen LogP contribution in [-0.2, 0) is 9.59 Å². The van der Waals surface area contributed by atoms with Gasteiger partial charge >= 0.3 is 5.97 Å². The highest BCUT2D eigenvalue weighted by molar-refractivity contribution is 5.69. The van der Waals surface area contributed by atoms with Gasteiger partial charge in [-0.3, -0.25) is 4.79 Å². The number of esters is 1. The Labute approximate surface area is 79.0 Å². The van der Waals surface area contributed by atoms with E-state index in [0.29, 0.717) is 0 Å². The van der Waals surface area contributed by atoms with Crippen LogP contribution in [0.3, 0.4) is 0 Å². The molecule has 4 nitrogen and oxygen atoms in total. The molecule has 0 atom stereocenters. The van der Waals surface area contributed by atoms with E-state index in [4.69, 9.17) is 0 Å². The average molecular weight is 195 g/mol. The number of hydrogen-bond acceptors (Lipinski definition) is 4. The second-order valence-corrected chi connectivity index (χ2v) is 2.41. The molecule has 0 radical (unpaired) electrons. The van der Waals surface area contributed by atoms with Gasteiger partial charge in [0, 0.05) is 13.0 Å². The third-order valence-electron chi connectivity index (χ3n) is 1.35. The lowest BCUT2D eigenvalue weighted by Gasteiger charge is -2.01. The van der Waals surface area contributed by atoms with Crippen LogP contribution in [0.2, 0.25) is 0 Å². The molecular weight excluding hydrogens is 189 g/mol. The van der Waals surface area contributed by atoms with E-state index in [2.05, 4.69) is 9.73 Å². The summed E-state index contributed by atoms with van der Waals surface area (Å²) < 4.78 is 17.5. The molecule has 14 heavy (non-hydrogen) atoms. The highest BCUT2D eigenvalue weighted by atomic mass is 19.1. The van der Waals surface area contributed by atoms with E-state index in [1.165, 1.54) is 19.1 Å². The van der Waals surface area contributed by atoms with Crippen LogP contribution in [0.15, 0.2) is 23.2 Å². The zero-order chi connectivity index (χ0) is 10.6. The van der Waals surface area contributed by atoms with E-state index in [-0.39, 0.29) is 11.4 Å². The van der Waals surface area contributed by atoms with E-state index in [1.54, 1.807) is 0 Å². The first kappa shape index (κ1) is 10.1. The normalized spacial score (nSPS) is 9.00. The summed E-state index contributed by atoms with van der Waals surface area (Å²) in [4.78, 5) is 23.5. The molecule has 0 bridgehead atoms. The first-order valence-corrected chi connectivity index (χ1v) is 3.69. The minimum Gasteiger partial charge on any atom is -0.427 e. The van der Waals surface area contributed by atoms with Crippen LogP contribution in [0.1, 0.15) is 6.92 Å². The fourth-order valence-corrected chi connectivity index (χ4v) is 0.857. The standard InChI is InChI=1S/C9H6FNO3/c1-6(13)14-7-2-3-8(10)9(4-7)11-5-12/h2-4H,1H3. The van der Waals surface area contributed by atoms with Crippen LogP contribution in [0, 0.1) is 5.82 Å². The van der Waals surface area contributed by atoms with Crippen LogP contribution in [0.4, 0.5) is 10.1 Å². The Hall–Kier alpha value is -2.00. The summed E-state index contributed by atoms with van der Waals surface area (Å²) >= 11 is 0. The molecule has 72 valence electrons. The van der Waals surface area contributed by atoms with Gasteiger partial charge in [-0.1, -0.05) is 0 Å². The van der Waals surface area contributed by atoms with Crippen LogP contribution in [0.5, 0.6) is 5.75 Å². The zero-order valence-corrected chi connectivity index (χ0v) is 7.28. The van der Waals surface area contributed by atoms with Crippen molar-refractivity contribution in [1.29, 1.82) is 0 Å². The summed E-state index contributed by atoms with van der Waals surface area (Å²) in [6.45, 7) is 1.21. The Bertz CT molecular complexity index is 411. The summed E-state index contributed by atoms with van der Waals surface area (Å²) in [7, 11) is 0. The van der Waals surface area contributed by atoms with Crippen molar-refractivity contribution in [1.82, 2.24) is 0 Å². The van der Waals surface area contributed by atoms with Gasteiger partial charge in [0.1, 0.15) is 17.3 Å². The second-order valence-electron chi connectivity index (χ2n) is 2.41. The Morgan fingerprint density at radius 2 is 2.29 bits per heavy atom. The molecule has 1 aromatic carbocycles. The van der Waals surface area contributed by atoms with Crippen LogP contribution < -0.4 is 4.74 Å². The molecule has 0 heterocycles. The molecule has 0 aromatic heterocycles. The van der Waals surface area contributed by atoms with Crippen molar-refractivity contribution in [3.8, 4) is 5.75 Å². The first-order chi connectivity index (χ1) is 6.63. The predicted molar refractivity (Wildman–Crippen MR) is 45.5 cm³/mol. The van der Waals surface area contributed by atoms with E-state index < -0.39 is 11.8 Å². The maximum absolute atomic E-state index is 12.9. The number of carbonyl (C=O) groups excluding carboxylic acids is 2. The van der Waals surface area contributed by atoms with Gasteiger partial charge in [0.15, 0.2) is 0 Å². The van der Waals surface area contributed by atoms with Crippen molar-refractivity contribution in [2.24, 2.45) is 4.99 Å². The molecule has 0 saturated heterocycles. The molecular formula is C9H6FNO3. The monoisotopic (exact) mass is 195 g/mol. The van der Waals surface area contributed by atoms with Crippen molar-refractivity contribution in [3.63, 3.8) is 0 Å². The number of ether oxygens (including phenoxy) is 1. The Morgan fingerprint density at radius 1 is 1.57 bits per heavy atom. The van der Waals surface area contributed by atoms with Crippen LogP contribution >= 0.6 is 0 Å². The van der Waals surface area contributed by atoms with Gasteiger partial charge in [0.25, 0.3) is 0 Å². The molecule has 0 unspecified atom stereocenters. The molecule has 1 aromatic rings. The maximum atomic E-state index is 12.9. The van der Waals surface area contributed by atoms with Gasteiger partial charge in [-0.05, 0) is 12.1 Å². The van der Waals surface area contributed by atoms with Gasteiger partial charge in [-0.2, -0.15) is 4.99 Å². The largest absolute Gasteiger partial charge is 0.427 e. The fourth-order valence-electron chi connectivity index (χ4n) is 0.857. The van der Waals surface area contributed by atoms with E-state index in [0.717, 1.165) is 12.1 Å². The average Bonchev–Trinajstić information content (AvgIpc) is 2.10. The van der Waals surface area contributed by atoms with Crippen molar-refractivity contribution in [3.05, 3.63) is 24.0 Å². The van der Waals surface area contributed by atoms with E-state index in [1.807, 2.05) is 0 Å². The molecule has 5 heteroatoms. The van der Waals surface area contributed by atoms with Gasteiger partial charge in [0.05, 0.1) is 0 Å². The molecule has 0 spiro atoms. The second kappa shape index (κ2) is 4.30. The van der Waals surface area contributed by atoms with E-state index in [9.17, 15) is 14.0 Å². The lowest BCUT2D eigenvalue weighted by molar-refractivity contribution is -0.131. The number of carbonyl (C=O) groups is 1. The minimum absolute atomic E-state index is 0.132. The maximum Gasteiger partial charge on any atom is 0.308 e. The summed E-state index contributed by atoms with van der Waals surface area (Å²) in [5.74, 6) is -1.07. The summed E-state index contributed by atoms with van der Waals surface area (Å²) in [5.41, 5.74) is -0.209. The quantitative estimate of drug-likeness (QED) is 0.312. The summed E-state index contributed by atoms with van der Waals surface area (Å²) in [6.07, 6.45) is 1.20. The lowest BCUT2D eigenvalue weighted by atomic mass is 10.3. The molecule has 0 aliphatic carbocycles. The molecule has 0 fully saturated rings. The summed E-state index contributed by atoms with van der Waals surface area (Å²) in [5, 5.41) is 0.